The zero-order valence-electron chi connectivity index (χ0n) is 9.03. The van der Waals surface area contributed by atoms with Crippen LogP contribution in [0.1, 0.15) is 22.5 Å². The number of benzene rings is 1. The van der Waals surface area contributed by atoms with E-state index in [0.29, 0.717) is 5.76 Å². The minimum Gasteiger partial charge on any atom is -0.455 e. The molecule has 0 spiro atoms. The Bertz CT molecular complexity index is 538. The molecule has 78 valence electrons. The third-order valence-electron chi connectivity index (χ3n) is 2.76. The summed E-state index contributed by atoms with van der Waals surface area (Å²) in [6.45, 7) is 6.07. The van der Waals surface area contributed by atoms with Crippen LogP contribution in [0.4, 0.5) is 0 Å². The number of aryl methyl sites for hydroxylation is 3. The number of hydrogen-bond donors (Lipinski definition) is 1. The van der Waals surface area contributed by atoms with Crippen molar-refractivity contribution >= 4 is 17.2 Å². The van der Waals surface area contributed by atoms with E-state index in [1.54, 1.807) is 0 Å². The largest absolute Gasteiger partial charge is 0.455 e. The molecule has 0 aliphatic heterocycles. The number of furan rings is 1. The Morgan fingerprint density at radius 1 is 1.20 bits per heavy atom. The minimum atomic E-state index is 0.609. The van der Waals surface area contributed by atoms with Crippen molar-refractivity contribution in [1.82, 2.24) is 0 Å². The van der Waals surface area contributed by atoms with Crippen LogP contribution in [0.25, 0.3) is 11.0 Å². The predicted molar refractivity (Wildman–Crippen MR) is 59.8 cm³/mol. The van der Waals surface area contributed by atoms with Gasteiger partial charge in [0.1, 0.15) is 11.8 Å². The van der Waals surface area contributed by atoms with Crippen molar-refractivity contribution in [3.63, 3.8) is 0 Å². The normalized spacial score (nSPS) is 11.7. The highest BCUT2D eigenvalue weighted by Gasteiger charge is 2.09. The fourth-order valence-electron chi connectivity index (χ4n) is 1.67. The molecule has 1 N–H and O–H groups in total. The molecule has 0 aliphatic rings. The lowest BCUT2D eigenvalue weighted by Crippen LogP contribution is -1.81. The lowest BCUT2D eigenvalue weighted by atomic mass is 10.1. The summed E-state index contributed by atoms with van der Waals surface area (Å²) in [7, 11) is 0. The average molecular weight is 203 g/mol. The van der Waals surface area contributed by atoms with E-state index in [0.717, 1.165) is 16.5 Å². The van der Waals surface area contributed by atoms with E-state index in [-0.39, 0.29) is 0 Å². The topological polar surface area (TPSA) is 45.7 Å². The molecule has 1 heterocycles. The molecular weight excluding hydrogens is 190 g/mol. The second kappa shape index (κ2) is 3.42. The summed E-state index contributed by atoms with van der Waals surface area (Å²) in [4.78, 5) is 0. The molecule has 0 aliphatic carbocycles. The van der Waals surface area contributed by atoms with Gasteiger partial charge >= 0.3 is 0 Å². The van der Waals surface area contributed by atoms with Crippen molar-refractivity contribution in [2.24, 2.45) is 5.16 Å². The van der Waals surface area contributed by atoms with E-state index in [2.05, 4.69) is 18.1 Å². The number of fused-ring (bicyclic) bond motifs is 1. The van der Waals surface area contributed by atoms with Gasteiger partial charge in [-0.1, -0.05) is 5.16 Å². The van der Waals surface area contributed by atoms with E-state index < -0.39 is 0 Å². The maximum atomic E-state index is 8.49. The Balaban J connectivity index is 2.77. The van der Waals surface area contributed by atoms with Crippen LogP contribution < -0.4 is 0 Å². The van der Waals surface area contributed by atoms with Crippen LogP contribution in [0.2, 0.25) is 0 Å². The van der Waals surface area contributed by atoms with Gasteiger partial charge in [0.2, 0.25) is 0 Å². The second-order valence-corrected chi connectivity index (χ2v) is 3.77. The summed E-state index contributed by atoms with van der Waals surface area (Å²) in [6, 6.07) is 4.10. The molecule has 2 aromatic rings. The van der Waals surface area contributed by atoms with Gasteiger partial charge in [-0.25, -0.2) is 0 Å². The smallest absolute Gasteiger partial charge is 0.152 e. The van der Waals surface area contributed by atoms with E-state index in [1.807, 2.05) is 19.9 Å². The monoisotopic (exact) mass is 203 g/mol. The fourth-order valence-corrected chi connectivity index (χ4v) is 1.67. The molecule has 0 atom stereocenters. The molecule has 0 saturated carbocycles. The van der Waals surface area contributed by atoms with Gasteiger partial charge in [0.15, 0.2) is 5.76 Å². The first-order chi connectivity index (χ1) is 7.13. The first-order valence-corrected chi connectivity index (χ1v) is 4.81. The quantitative estimate of drug-likeness (QED) is 0.439. The number of hydrogen-bond acceptors (Lipinski definition) is 3. The van der Waals surface area contributed by atoms with Gasteiger partial charge in [-0.3, -0.25) is 0 Å². The highest BCUT2D eigenvalue weighted by Crippen LogP contribution is 2.26. The van der Waals surface area contributed by atoms with Gasteiger partial charge in [0.05, 0.1) is 0 Å². The SMILES string of the molecule is Cc1cc2oc(C=NO)c(C)c2cc1C. The lowest BCUT2D eigenvalue weighted by molar-refractivity contribution is 0.321. The Morgan fingerprint density at radius 2 is 1.87 bits per heavy atom. The van der Waals surface area contributed by atoms with E-state index in [4.69, 9.17) is 9.62 Å². The first-order valence-electron chi connectivity index (χ1n) is 4.81. The van der Waals surface area contributed by atoms with Crippen LogP contribution in [0.5, 0.6) is 0 Å². The van der Waals surface area contributed by atoms with Crippen LogP contribution in [0, 0.1) is 20.8 Å². The molecule has 0 fully saturated rings. The number of rotatable bonds is 1. The molecule has 3 nitrogen and oxygen atoms in total. The van der Waals surface area contributed by atoms with E-state index >= 15 is 0 Å². The molecule has 0 unspecified atom stereocenters. The summed E-state index contributed by atoms with van der Waals surface area (Å²) >= 11 is 0. The van der Waals surface area contributed by atoms with Gasteiger partial charge in [-0.2, -0.15) is 0 Å². The Morgan fingerprint density at radius 3 is 2.53 bits per heavy atom. The lowest BCUT2D eigenvalue weighted by Gasteiger charge is -1.98. The Kier molecular flexibility index (Phi) is 2.23. The highest BCUT2D eigenvalue weighted by molar-refractivity contribution is 5.91. The van der Waals surface area contributed by atoms with Crippen LogP contribution in [0.15, 0.2) is 21.7 Å². The molecule has 3 heteroatoms. The molecule has 0 saturated heterocycles. The predicted octanol–water partition coefficient (Wildman–Crippen LogP) is 3.17. The Hall–Kier alpha value is -1.77. The maximum Gasteiger partial charge on any atom is 0.152 e. The van der Waals surface area contributed by atoms with Gasteiger partial charge in [-0.15, -0.1) is 0 Å². The van der Waals surface area contributed by atoms with Crippen LogP contribution >= 0.6 is 0 Å². The van der Waals surface area contributed by atoms with Gasteiger partial charge < -0.3 is 9.62 Å². The zero-order valence-corrected chi connectivity index (χ0v) is 9.03. The van der Waals surface area contributed by atoms with Crippen LogP contribution in [-0.4, -0.2) is 11.4 Å². The van der Waals surface area contributed by atoms with Crippen LogP contribution in [-0.2, 0) is 0 Å². The molecule has 0 amide bonds. The van der Waals surface area contributed by atoms with Crippen molar-refractivity contribution in [3.05, 3.63) is 34.6 Å². The average Bonchev–Trinajstić information content (AvgIpc) is 2.47. The third-order valence-corrected chi connectivity index (χ3v) is 2.76. The molecule has 0 radical (unpaired) electrons. The van der Waals surface area contributed by atoms with Crippen molar-refractivity contribution in [1.29, 1.82) is 0 Å². The molecule has 1 aromatic heterocycles. The summed E-state index contributed by atoms with van der Waals surface area (Å²) < 4.78 is 5.57. The van der Waals surface area contributed by atoms with Crippen molar-refractivity contribution in [2.75, 3.05) is 0 Å². The standard InChI is InChI=1S/C12H13NO2/c1-7-4-10-9(3)12(6-13-14)15-11(10)5-8(7)2/h4-6,14H,1-3H3. The number of oxime groups is 1. The van der Waals surface area contributed by atoms with E-state index in [9.17, 15) is 0 Å². The summed E-state index contributed by atoms with van der Waals surface area (Å²) in [5.41, 5.74) is 4.28. The van der Waals surface area contributed by atoms with E-state index in [1.165, 1.54) is 17.3 Å². The molecular formula is C12H13NO2. The van der Waals surface area contributed by atoms with Gasteiger partial charge in [0, 0.05) is 10.9 Å². The minimum absolute atomic E-state index is 0.609. The zero-order chi connectivity index (χ0) is 11.0. The Labute approximate surface area is 88.0 Å². The molecule has 0 bridgehead atoms. The summed E-state index contributed by atoms with van der Waals surface area (Å²) in [6.07, 6.45) is 1.32. The highest BCUT2D eigenvalue weighted by atomic mass is 16.4. The second-order valence-electron chi connectivity index (χ2n) is 3.77. The van der Waals surface area contributed by atoms with Gasteiger partial charge in [-0.05, 0) is 44.0 Å². The van der Waals surface area contributed by atoms with Crippen molar-refractivity contribution in [2.45, 2.75) is 20.8 Å². The summed E-state index contributed by atoms with van der Waals surface area (Å²) in [5, 5.41) is 12.6. The first kappa shape index (κ1) is 9.77. The van der Waals surface area contributed by atoms with Crippen molar-refractivity contribution < 1.29 is 9.62 Å². The van der Waals surface area contributed by atoms with Crippen LogP contribution in [0.3, 0.4) is 0 Å². The third kappa shape index (κ3) is 1.50. The molecule has 15 heavy (non-hydrogen) atoms. The maximum absolute atomic E-state index is 8.49. The molecule has 2 rings (SSSR count). The van der Waals surface area contributed by atoms with Crippen molar-refractivity contribution in [3.8, 4) is 0 Å². The fraction of sp³-hybridized carbons (Fsp3) is 0.250. The summed E-state index contributed by atoms with van der Waals surface area (Å²) in [5.74, 6) is 0.609. The molecule has 1 aromatic carbocycles. The number of nitrogens with zero attached hydrogens (tertiary/aromatic N) is 1. The van der Waals surface area contributed by atoms with Gasteiger partial charge in [0.25, 0.3) is 0 Å².